The lowest BCUT2D eigenvalue weighted by Gasteiger charge is -2.12. The summed E-state index contributed by atoms with van der Waals surface area (Å²) in [5, 5.41) is 2.99. The summed E-state index contributed by atoms with van der Waals surface area (Å²) in [7, 11) is 1.72. The highest BCUT2D eigenvalue weighted by atomic mass is 35.5. The number of pyridine rings is 1. The minimum atomic E-state index is -0.435. The van der Waals surface area contributed by atoms with Crippen LogP contribution in [0.2, 0.25) is 5.15 Å². The standard InChI is InChI=1S/C12H14ClN3O2/c1-7-5-8(6-10(13)14-7)11(17)15-9-3-4-16(2)12(9)18/h5-6,9H,3-4H2,1-2H3,(H,15,17). The lowest BCUT2D eigenvalue weighted by molar-refractivity contribution is -0.128. The van der Waals surface area contributed by atoms with Crippen molar-refractivity contribution >= 4 is 23.4 Å². The van der Waals surface area contributed by atoms with E-state index in [1.807, 2.05) is 0 Å². The van der Waals surface area contributed by atoms with Crippen molar-refractivity contribution in [3.63, 3.8) is 0 Å². The number of nitrogens with one attached hydrogen (secondary N) is 1. The van der Waals surface area contributed by atoms with E-state index in [1.54, 1.807) is 24.9 Å². The van der Waals surface area contributed by atoms with Gasteiger partial charge in [0.1, 0.15) is 11.2 Å². The molecule has 0 bridgehead atoms. The molecule has 0 radical (unpaired) electrons. The van der Waals surface area contributed by atoms with E-state index >= 15 is 0 Å². The molecule has 0 aliphatic carbocycles. The third-order valence-corrected chi connectivity index (χ3v) is 3.11. The number of hydrogen-bond acceptors (Lipinski definition) is 3. The second kappa shape index (κ2) is 4.94. The van der Waals surface area contributed by atoms with Crippen LogP contribution in [0.1, 0.15) is 22.5 Å². The fourth-order valence-corrected chi connectivity index (χ4v) is 2.21. The molecule has 0 spiro atoms. The molecular formula is C12H14ClN3O2. The number of carbonyl (C=O) groups is 2. The number of likely N-dealkylation sites (N-methyl/N-ethyl adjacent to an activating group) is 1. The summed E-state index contributed by atoms with van der Waals surface area (Å²) in [6, 6.07) is 2.70. The lowest BCUT2D eigenvalue weighted by atomic mass is 10.2. The Morgan fingerprint density at radius 3 is 2.83 bits per heavy atom. The molecule has 2 rings (SSSR count). The molecule has 0 aromatic carbocycles. The van der Waals surface area contributed by atoms with Gasteiger partial charge in [0.25, 0.3) is 5.91 Å². The number of carbonyl (C=O) groups excluding carboxylic acids is 2. The van der Waals surface area contributed by atoms with Gasteiger partial charge in [0, 0.05) is 24.8 Å². The molecule has 2 amide bonds. The largest absolute Gasteiger partial charge is 0.344 e. The van der Waals surface area contributed by atoms with Gasteiger partial charge in [0.2, 0.25) is 5.91 Å². The van der Waals surface area contributed by atoms with Gasteiger partial charge >= 0.3 is 0 Å². The first-order valence-electron chi connectivity index (χ1n) is 5.67. The van der Waals surface area contributed by atoms with Crippen molar-refractivity contribution in [2.45, 2.75) is 19.4 Å². The summed E-state index contributed by atoms with van der Waals surface area (Å²) in [5.74, 6) is -0.351. The van der Waals surface area contributed by atoms with Crippen LogP contribution in [0.5, 0.6) is 0 Å². The second-order valence-corrected chi connectivity index (χ2v) is 4.78. The van der Waals surface area contributed by atoms with E-state index in [0.717, 1.165) is 0 Å². The first-order valence-corrected chi connectivity index (χ1v) is 6.05. The fourth-order valence-electron chi connectivity index (χ4n) is 1.96. The van der Waals surface area contributed by atoms with Gasteiger partial charge in [-0.3, -0.25) is 9.59 Å². The van der Waals surface area contributed by atoms with Crippen LogP contribution in [-0.4, -0.2) is 41.3 Å². The number of rotatable bonds is 2. The second-order valence-electron chi connectivity index (χ2n) is 4.39. The fraction of sp³-hybridized carbons (Fsp3) is 0.417. The Morgan fingerprint density at radius 1 is 1.56 bits per heavy atom. The van der Waals surface area contributed by atoms with Crippen LogP contribution in [-0.2, 0) is 4.79 Å². The highest BCUT2D eigenvalue weighted by Crippen LogP contribution is 2.13. The number of nitrogens with zero attached hydrogens (tertiary/aromatic N) is 2. The zero-order chi connectivity index (χ0) is 13.3. The van der Waals surface area contributed by atoms with E-state index in [4.69, 9.17) is 11.6 Å². The molecule has 96 valence electrons. The molecule has 1 atom stereocenters. The molecule has 6 heteroatoms. The molecule has 1 fully saturated rings. The van der Waals surface area contributed by atoms with Crippen molar-refractivity contribution in [3.05, 3.63) is 28.5 Å². The number of likely N-dealkylation sites (tertiary alicyclic amines) is 1. The average molecular weight is 268 g/mol. The Bertz CT molecular complexity index is 484. The van der Waals surface area contributed by atoms with Crippen LogP contribution in [0.3, 0.4) is 0 Å². The summed E-state index contributed by atoms with van der Waals surface area (Å²) in [4.78, 5) is 29.3. The predicted molar refractivity (Wildman–Crippen MR) is 67.5 cm³/mol. The van der Waals surface area contributed by atoms with Gasteiger partial charge in [0.05, 0.1) is 0 Å². The highest BCUT2D eigenvalue weighted by molar-refractivity contribution is 6.29. The molecule has 1 aliphatic rings. The van der Waals surface area contributed by atoms with E-state index in [0.29, 0.717) is 24.2 Å². The molecule has 1 aromatic heterocycles. The van der Waals surface area contributed by atoms with Gasteiger partial charge < -0.3 is 10.2 Å². The molecule has 1 unspecified atom stereocenters. The molecule has 1 saturated heterocycles. The zero-order valence-electron chi connectivity index (χ0n) is 10.2. The van der Waals surface area contributed by atoms with Gasteiger partial charge in [-0.1, -0.05) is 11.6 Å². The number of hydrogen-bond donors (Lipinski definition) is 1. The Hall–Kier alpha value is -1.62. The number of amides is 2. The summed E-state index contributed by atoms with van der Waals surface area (Å²) >= 11 is 5.80. The van der Waals surface area contributed by atoms with Gasteiger partial charge in [0.15, 0.2) is 0 Å². The van der Waals surface area contributed by atoms with Crippen LogP contribution in [0.4, 0.5) is 0 Å². The summed E-state index contributed by atoms with van der Waals surface area (Å²) in [6.45, 7) is 2.43. The van der Waals surface area contributed by atoms with E-state index in [9.17, 15) is 9.59 Å². The Kier molecular flexibility index (Phi) is 3.52. The van der Waals surface area contributed by atoms with Crippen molar-refractivity contribution in [1.29, 1.82) is 0 Å². The minimum absolute atomic E-state index is 0.0553. The lowest BCUT2D eigenvalue weighted by Crippen LogP contribution is -2.40. The first-order chi connectivity index (χ1) is 8.47. The number of aryl methyl sites for hydroxylation is 1. The van der Waals surface area contributed by atoms with Gasteiger partial charge in [-0.25, -0.2) is 4.98 Å². The molecule has 18 heavy (non-hydrogen) atoms. The third-order valence-electron chi connectivity index (χ3n) is 2.92. The molecular weight excluding hydrogens is 254 g/mol. The molecule has 1 aliphatic heterocycles. The van der Waals surface area contributed by atoms with Crippen LogP contribution < -0.4 is 5.32 Å². The van der Waals surface area contributed by atoms with Crippen molar-refractivity contribution in [1.82, 2.24) is 15.2 Å². The van der Waals surface area contributed by atoms with Gasteiger partial charge in [-0.15, -0.1) is 0 Å². The third kappa shape index (κ3) is 2.61. The monoisotopic (exact) mass is 267 g/mol. The van der Waals surface area contributed by atoms with E-state index < -0.39 is 6.04 Å². The Labute approximate surface area is 110 Å². The van der Waals surface area contributed by atoms with E-state index in [-0.39, 0.29) is 17.0 Å². The quantitative estimate of drug-likeness (QED) is 0.814. The van der Waals surface area contributed by atoms with Crippen molar-refractivity contribution < 1.29 is 9.59 Å². The van der Waals surface area contributed by atoms with Crippen molar-refractivity contribution in [2.75, 3.05) is 13.6 Å². The van der Waals surface area contributed by atoms with Crippen LogP contribution in [0.25, 0.3) is 0 Å². The average Bonchev–Trinajstić information content (AvgIpc) is 2.59. The van der Waals surface area contributed by atoms with E-state index in [1.165, 1.54) is 6.07 Å². The van der Waals surface area contributed by atoms with Crippen molar-refractivity contribution in [2.24, 2.45) is 0 Å². The molecule has 2 heterocycles. The normalized spacial score (nSPS) is 19.2. The van der Waals surface area contributed by atoms with E-state index in [2.05, 4.69) is 10.3 Å². The summed E-state index contributed by atoms with van der Waals surface area (Å²) in [5.41, 5.74) is 1.09. The SMILES string of the molecule is Cc1cc(C(=O)NC2CCN(C)C2=O)cc(Cl)n1. The van der Waals surface area contributed by atoms with Crippen LogP contribution in [0.15, 0.2) is 12.1 Å². The maximum Gasteiger partial charge on any atom is 0.252 e. The predicted octanol–water partition coefficient (Wildman–Crippen LogP) is 1.00. The molecule has 5 nitrogen and oxygen atoms in total. The maximum absolute atomic E-state index is 12.0. The zero-order valence-corrected chi connectivity index (χ0v) is 11.0. The topological polar surface area (TPSA) is 62.3 Å². The van der Waals surface area contributed by atoms with Crippen molar-refractivity contribution in [3.8, 4) is 0 Å². The van der Waals surface area contributed by atoms with Gasteiger partial charge in [-0.05, 0) is 25.5 Å². The summed E-state index contributed by atoms with van der Waals surface area (Å²) in [6.07, 6.45) is 0.638. The van der Waals surface area contributed by atoms with Crippen LogP contribution in [0, 0.1) is 6.92 Å². The number of halogens is 1. The molecule has 0 saturated carbocycles. The Morgan fingerprint density at radius 2 is 2.28 bits per heavy atom. The van der Waals surface area contributed by atoms with Crippen LogP contribution >= 0.6 is 11.6 Å². The first kappa shape index (κ1) is 12.8. The highest BCUT2D eigenvalue weighted by Gasteiger charge is 2.30. The molecule has 1 N–H and O–H groups in total. The Balaban J connectivity index is 2.10. The number of aromatic nitrogens is 1. The maximum atomic E-state index is 12.0. The smallest absolute Gasteiger partial charge is 0.252 e. The summed E-state index contributed by atoms with van der Waals surface area (Å²) < 4.78 is 0. The molecule has 1 aromatic rings. The van der Waals surface area contributed by atoms with Gasteiger partial charge in [-0.2, -0.15) is 0 Å². The minimum Gasteiger partial charge on any atom is -0.344 e.